The van der Waals surface area contributed by atoms with Crippen molar-refractivity contribution in [3.05, 3.63) is 23.1 Å². The largest absolute Gasteiger partial charge is 0.477 e. The molecule has 1 fully saturated rings. The van der Waals surface area contributed by atoms with Crippen molar-refractivity contribution in [1.29, 1.82) is 0 Å². The Bertz CT molecular complexity index is 1030. The second-order valence-corrected chi connectivity index (χ2v) is 10.4. The summed E-state index contributed by atoms with van der Waals surface area (Å²) >= 11 is 5.63. The molecule has 0 saturated carbocycles. The molecular weight excluding hydrogens is 525 g/mol. The summed E-state index contributed by atoms with van der Waals surface area (Å²) in [5.41, 5.74) is 0.760. The van der Waals surface area contributed by atoms with Crippen molar-refractivity contribution < 1.29 is 24.4 Å². The van der Waals surface area contributed by atoms with Gasteiger partial charge in [0, 0.05) is 15.9 Å². The van der Waals surface area contributed by atoms with E-state index in [-0.39, 0.29) is 23.6 Å². The molecule has 1 amide bonds. The van der Waals surface area contributed by atoms with Crippen LogP contribution in [0.25, 0.3) is 10.4 Å². The number of hydrogen-bond donors (Lipinski definition) is 2. The van der Waals surface area contributed by atoms with Gasteiger partial charge in [-0.2, -0.15) is 4.40 Å². The van der Waals surface area contributed by atoms with Crippen LogP contribution < -0.4 is 4.57 Å². The van der Waals surface area contributed by atoms with E-state index in [4.69, 9.17) is 0 Å². The molecule has 1 saturated heterocycles. The number of carbonyl (C=O) groups is 2. The molecule has 7 nitrogen and oxygen atoms in total. The maximum absolute atomic E-state index is 12.5. The number of alkyl halides is 1. The number of aryl methyl sites for hydroxylation is 1. The third-order valence-corrected chi connectivity index (χ3v) is 8.62. The fourth-order valence-electron chi connectivity index (χ4n) is 4.55. The molecule has 2 aromatic heterocycles. The Balaban J connectivity index is 1.79. The van der Waals surface area contributed by atoms with Crippen LogP contribution in [0.2, 0.25) is 0 Å². The predicted octanol–water partition coefficient (Wildman–Crippen LogP) is 2.49. The third-order valence-electron chi connectivity index (χ3n) is 5.77. The van der Waals surface area contributed by atoms with E-state index in [0.29, 0.717) is 5.57 Å². The number of nitrogens with zero attached hydrogens (tertiary/aromatic N) is 3. The van der Waals surface area contributed by atoms with Crippen molar-refractivity contribution in [2.24, 2.45) is 11.8 Å². The van der Waals surface area contributed by atoms with Crippen LogP contribution in [0.5, 0.6) is 0 Å². The first-order valence-electron chi connectivity index (χ1n) is 9.44. The van der Waals surface area contributed by atoms with Gasteiger partial charge in [0.15, 0.2) is 0 Å². The standard InChI is InChI=1S/C19H22IN3O4S2/c1-9-12(15(19(26)27)23-14(9)13(10(2)24)16(23)25)11-7-22-8-21(6-4-5-20)17(28-3)18(22)29-11/h7-10,13-14,24H,4-6H2,1-3H3/p+1/t9-,10+,13+,14+/m0/s1. The number of aromatic nitrogens is 2. The lowest BCUT2D eigenvalue weighted by Crippen LogP contribution is -2.63. The number of thioether (sulfide) groups is 1. The molecule has 4 atom stereocenters. The predicted molar refractivity (Wildman–Crippen MR) is 120 cm³/mol. The van der Waals surface area contributed by atoms with Crippen LogP contribution in [0.4, 0.5) is 0 Å². The first-order chi connectivity index (χ1) is 13.8. The van der Waals surface area contributed by atoms with Crippen LogP contribution in [-0.2, 0) is 16.1 Å². The number of aliphatic carboxylic acids is 1. The summed E-state index contributed by atoms with van der Waals surface area (Å²) in [5.74, 6) is -2.08. The minimum absolute atomic E-state index is 0.0670. The molecule has 2 aliphatic heterocycles. The van der Waals surface area contributed by atoms with E-state index in [1.54, 1.807) is 30.0 Å². The monoisotopic (exact) mass is 548 g/mol. The van der Waals surface area contributed by atoms with Crippen molar-refractivity contribution in [3.63, 3.8) is 0 Å². The highest BCUT2D eigenvalue weighted by Gasteiger charge is 2.60. The van der Waals surface area contributed by atoms with Gasteiger partial charge in [-0.25, -0.2) is 9.36 Å². The van der Waals surface area contributed by atoms with Gasteiger partial charge < -0.3 is 15.1 Å². The van der Waals surface area contributed by atoms with E-state index in [2.05, 4.69) is 37.9 Å². The van der Waals surface area contributed by atoms with Gasteiger partial charge in [0.05, 0.1) is 29.5 Å². The number of imidazole rings is 1. The number of carboxylic acid groups (broad SMARTS) is 1. The SMILES string of the molecule is CSc1c2sc(C3=C(C(=O)O)N4C(=O)[C@H]([C@@H](C)O)[C@H]4[C@H]3C)cn2c[n+]1CCCI. The molecule has 4 rings (SSSR count). The van der Waals surface area contributed by atoms with E-state index in [1.807, 2.05) is 19.4 Å². The van der Waals surface area contributed by atoms with E-state index in [1.165, 1.54) is 4.90 Å². The fraction of sp³-hybridized carbons (Fsp3) is 0.526. The number of hydrogen-bond acceptors (Lipinski definition) is 5. The first-order valence-corrected chi connectivity index (χ1v) is 13.0. The summed E-state index contributed by atoms with van der Waals surface area (Å²) in [7, 11) is 0. The first kappa shape index (κ1) is 21.1. The number of aliphatic hydroxyl groups excluding tert-OH is 1. The second-order valence-electron chi connectivity index (χ2n) is 7.49. The molecule has 10 heteroatoms. The number of β-lactam (4-membered cyclic amide) rings is 1. The van der Waals surface area contributed by atoms with Gasteiger partial charge in [-0.05, 0) is 19.6 Å². The average molecular weight is 548 g/mol. The lowest BCUT2D eigenvalue weighted by Gasteiger charge is -2.46. The highest BCUT2D eigenvalue weighted by molar-refractivity contribution is 14.1. The summed E-state index contributed by atoms with van der Waals surface area (Å²) in [5, 5.41) is 21.1. The maximum Gasteiger partial charge on any atom is 0.352 e. The lowest BCUT2D eigenvalue weighted by atomic mass is 9.77. The highest BCUT2D eigenvalue weighted by Crippen LogP contribution is 2.51. The second kappa shape index (κ2) is 7.86. The molecule has 0 spiro atoms. The average Bonchev–Trinajstić information content (AvgIpc) is 3.26. The molecule has 0 aromatic carbocycles. The fourth-order valence-corrected chi connectivity index (χ4v) is 7.09. The molecular formula is C19H23IN3O4S2+. The van der Waals surface area contributed by atoms with Crippen molar-refractivity contribution in [2.45, 2.75) is 44.0 Å². The van der Waals surface area contributed by atoms with Crippen LogP contribution in [0.15, 0.2) is 23.2 Å². The molecule has 0 unspecified atom stereocenters. The van der Waals surface area contributed by atoms with Gasteiger partial charge in [0.1, 0.15) is 11.9 Å². The Morgan fingerprint density at radius 3 is 2.79 bits per heavy atom. The highest BCUT2D eigenvalue weighted by atomic mass is 127. The van der Waals surface area contributed by atoms with Crippen molar-refractivity contribution in [2.75, 3.05) is 10.7 Å². The third kappa shape index (κ3) is 3.14. The Hall–Kier alpha value is -1.11. The van der Waals surface area contributed by atoms with Crippen LogP contribution in [0.1, 0.15) is 25.1 Å². The smallest absolute Gasteiger partial charge is 0.352 e. The number of carbonyl (C=O) groups excluding carboxylic acids is 1. The molecule has 156 valence electrons. The molecule has 0 aliphatic carbocycles. The Morgan fingerprint density at radius 2 is 2.21 bits per heavy atom. The van der Waals surface area contributed by atoms with E-state index >= 15 is 0 Å². The number of rotatable bonds is 7. The van der Waals surface area contributed by atoms with Crippen LogP contribution in [0, 0.1) is 11.8 Å². The molecule has 2 aromatic rings. The number of carboxylic acids is 1. The molecule has 0 bridgehead atoms. The lowest BCUT2D eigenvalue weighted by molar-refractivity contribution is -0.729. The Morgan fingerprint density at radius 1 is 1.48 bits per heavy atom. The van der Waals surface area contributed by atoms with Crippen molar-refractivity contribution in [3.8, 4) is 0 Å². The van der Waals surface area contributed by atoms with E-state index in [0.717, 1.165) is 32.1 Å². The van der Waals surface area contributed by atoms with Gasteiger partial charge >= 0.3 is 5.97 Å². The topological polar surface area (TPSA) is 86.1 Å². The van der Waals surface area contributed by atoms with Crippen molar-refractivity contribution in [1.82, 2.24) is 9.30 Å². The molecule has 2 N–H and O–H groups in total. The number of amides is 1. The van der Waals surface area contributed by atoms with Gasteiger partial charge in [-0.3, -0.25) is 4.79 Å². The van der Waals surface area contributed by atoms with Gasteiger partial charge in [-0.15, -0.1) is 0 Å². The van der Waals surface area contributed by atoms with E-state index in [9.17, 15) is 19.8 Å². The normalized spacial score (nSPS) is 24.9. The van der Waals surface area contributed by atoms with Gasteiger partial charge in [0.25, 0.3) is 6.33 Å². The van der Waals surface area contributed by atoms with E-state index < -0.39 is 18.0 Å². The summed E-state index contributed by atoms with van der Waals surface area (Å²) in [4.78, 5) is 27.9. The quantitative estimate of drug-likeness (QED) is 0.183. The zero-order valence-corrected chi connectivity index (χ0v) is 20.1. The van der Waals surface area contributed by atoms with Gasteiger partial charge in [-0.1, -0.05) is 52.6 Å². The summed E-state index contributed by atoms with van der Waals surface area (Å²) in [6, 6.07) is -0.293. The Labute approximate surface area is 190 Å². The van der Waals surface area contributed by atoms with Crippen LogP contribution in [0.3, 0.4) is 0 Å². The summed E-state index contributed by atoms with van der Waals surface area (Å²) < 4.78 is 5.39. The molecule has 0 radical (unpaired) electrons. The van der Waals surface area contributed by atoms with Crippen molar-refractivity contribution >= 4 is 68.0 Å². The van der Waals surface area contributed by atoms with Crippen LogP contribution >= 0.6 is 45.7 Å². The number of aliphatic hydroxyl groups is 1. The maximum atomic E-state index is 12.5. The van der Waals surface area contributed by atoms with Gasteiger partial charge in [0.2, 0.25) is 15.8 Å². The molecule has 4 heterocycles. The minimum atomic E-state index is -1.09. The number of halogens is 1. The minimum Gasteiger partial charge on any atom is -0.477 e. The molecule has 2 aliphatic rings. The summed E-state index contributed by atoms with van der Waals surface area (Å²) in [6.45, 7) is 4.50. The van der Waals surface area contributed by atoms with Crippen LogP contribution in [-0.4, -0.2) is 54.2 Å². The zero-order chi connectivity index (χ0) is 21.0. The Kier molecular flexibility index (Phi) is 5.73. The number of fused-ring (bicyclic) bond motifs is 2. The number of thiazole rings is 1. The molecule has 29 heavy (non-hydrogen) atoms. The summed E-state index contributed by atoms with van der Waals surface area (Å²) in [6.07, 6.45) is 6.39. The zero-order valence-electron chi connectivity index (χ0n) is 16.3.